The number of nitrogens with one attached hydrogen (secondary N) is 1. The highest BCUT2D eigenvalue weighted by Gasteiger charge is 2.25. The number of hydrogen-bond donors (Lipinski definition) is 2. The summed E-state index contributed by atoms with van der Waals surface area (Å²) in [6.07, 6.45) is 0. The number of carboxylic acids is 1. The second kappa shape index (κ2) is 6.65. The van der Waals surface area contributed by atoms with E-state index in [2.05, 4.69) is 5.32 Å². The van der Waals surface area contributed by atoms with Gasteiger partial charge in [0, 0.05) is 13.7 Å². The molecule has 0 saturated heterocycles. The molecule has 0 radical (unpaired) electrons. The Morgan fingerprint density at radius 1 is 1.35 bits per heavy atom. The van der Waals surface area contributed by atoms with Crippen molar-refractivity contribution in [3.8, 4) is 0 Å². The fourth-order valence-electron chi connectivity index (χ4n) is 1.33. The Kier molecular flexibility index (Phi) is 5.16. The molecule has 1 amide bonds. The number of ether oxygens (including phenoxy) is 1. The molecule has 0 aliphatic rings. The Morgan fingerprint density at radius 2 is 2.00 bits per heavy atom. The van der Waals surface area contributed by atoms with Crippen molar-refractivity contribution in [2.24, 2.45) is 5.92 Å². The summed E-state index contributed by atoms with van der Waals surface area (Å²) in [4.78, 5) is 22.4. The van der Waals surface area contributed by atoms with Gasteiger partial charge in [0.05, 0.1) is 6.61 Å². The third-order valence-corrected chi connectivity index (χ3v) is 2.26. The highest BCUT2D eigenvalue weighted by atomic mass is 16.5. The molecule has 5 heteroatoms. The first kappa shape index (κ1) is 13.2. The number of hydrogen-bond acceptors (Lipinski definition) is 3. The summed E-state index contributed by atoms with van der Waals surface area (Å²) in [7, 11) is 1.36. The van der Waals surface area contributed by atoms with Crippen LogP contribution in [0.25, 0.3) is 0 Å². The fraction of sp³-hybridized carbons (Fsp3) is 0.333. The molecule has 1 aromatic rings. The lowest BCUT2D eigenvalue weighted by atomic mass is 10.1. The van der Waals surface area contributed by atoms with E-state index in [9.17, 15) is 9.59 Å². The number of aliphatic carboxylic acids is 1. The van der Waals surface area contributed by atoms with Gasteiger partial charge < -0.3 is 15.2 Å². The minimum atomic E-state index is -1.18. The van der Waals surface area contributed by atoms with Crippen molar-refractivity contribution < 1.29 is 19.4 Å². The lowest BCUT2D eigenvalue weighted by Gasteiger charge is -2.11. The monoisotopic (exact) mass is 237 g/mol. The molecule has 0 saturated carbocycles. The predicted octanol–water partition coefficient (Wildman–Crippen LogP) is 0.650. The van der Waals surface area contributed by atoms with Crippen molar-refractivity contribution >= 4 is 11.9 Å². The van der Waals surface area contributed by atoms with Gasteiger partial charge >= 0.3 is 5.97 Å². The number of carbonyl (C=O) groups excluding carboxylic acids is 1. The second-order valence-corrected chi connectivity index (χ2v) is 3.55. The van der Waals surface area contributed by atoms with Crippen LogP contribution in [0.2, 0.25) is 0 Å². The van der Waals surface area contributed by atoms with Crippen molar-refractivity contribution in [1.82, 2.24) is 5.32 Å². The highest BCUT2D eigenvalue weighted by molar-refractivity contribution is 5.97. The standard InChI is InChI=1S/C12H15NO4/c1-17-8-10(12(15)16)11(14)13-7-9-5-3-2-4-6-9/h2-6,10H,7-8H2,1H3,(H,13,14)(H,15,16). The van der Waals surface area contributed by atoms with Crippen LogP contribution in [0.1, 0.15) is 5.56 Å². The summed E-state index contributed by atoms with van der Waals surface area (Å²) in [5.74, 6) is -2.88. The van der Waals surface area contributed by atoms with Crippen LogP contribution in [0.5, 0.6) is 0 Å². The maximum Gasteiger partial charge on any atom is 0.318 e. The van der Waals surface area contributed by atoms with Gasteiger partial charge in [-0.2, -0.15) is 0 Å². The van der Waals surface area contributed by atoms with Gasteiger partial charge in [-0.3, -0.25) is 9.59 Å². The Balaban J connectivity index is 2.50. The van der Waals surface area contributed by atoms with E-state index in [1.165, 1.54) is 7.11 Å². The first-order valence-corrected chi connectivity index (χ1v) is 5.18. The molecule has 0 spiro atoms. The predicted molar refractivity (Wildman–Crippen MR) is 61.3 cm³/mol. The van der Waals surface area contributed by atoms with Gasteiger partial charge in [0.25, 0.3) is 0 Å². The zero-order chi connectivity index (χ0) is 12.7. The number of carbonyl (C=O) groups is 2. The van der Waals surface area contributed by atoms with Crippen molar-refractivity contribution in [3.05, 3.63) is 35.9 Å². The van der Waals surface area contributed by atoms with E-state index in [0.717, 1.165) is 5.56 Å². The number of amides is 1. The molecule has 1 atom stereocenters. The number of benzene rings is 1. The average Bonchev–Trinajstić information content (AvgIpc) is 2.34. The summed E-state index contributed by atoms with van der Waals surface area (Å²) >= 11 is 0. The van der Waals surface area contributed by atoms with E-state index in [0.29, 0.717) is 6.54 Å². The quantitative estimate of drug-likeness (QED) is 0.712. The maximum atomic E-state index is 11.6. The summed E-state index contributed by atoms with van der Waals surface area (Å²) in [6.45, 7) is 0.184. The topological polar surface area (TPSA) is 75.6 Å². The number of carboxylic acid groups (broad SMARTS) is 1. The van der Waals surface area contributed by atoms with Crippen LogP contribution in [0.4, 0.5) is 0 Å². The maximum absolute atomic E-state index is 11.6. The molecule has 5 nitrogen and oxygen atoms in total. The van der Waals surface area contributed by atoms with E-state index in [4.69, 9.17) is 9.84 Å². The third kappa shape index (κ3) is 4.24. The SMILES string of the molecule is COCC(C(=O)O)C(=O)NCc1ccccc1. The third-order valence-electron chi connectivity index (χ3n) is 2.26. The Morgan fingerprint density at radius 3 is 2.53 bits per heavy atom. The molecular weight excluding hydrogens is 222 g/mol. The smallest absolute Gasteiger partial charge is 0.318 e. The van der Waals surface area contributed by atoms with Crippen molar-refractivity contribution in [1.29, 1.82) is 0 Å². The molecule has 0 aliphatic heterocycles. The normalized spacial score (nSPS) is 11.8. The van der Waals surface area contributed by atoms with Crippen LogP contribution in [0, 0.1) is 5.92 Å². The summed E-state index contributed by atoms with van der Waals surface area (Å²) < 4.78 is 4.70. The van der Waals surface area contributed by atoms with Gasteiger partial charge in [0.1, 0.15) is 0 Å². The Bertz CT molecular complexity index is 377. The highest BCUT2D eigenvalue weighted by Crippen LogP contribution is 2.01. The minimum absolute atomic E-state index is 0.129. The molecule has 0 fully saturated rings. The molecule has 0 bridgehead atoms. The Hall–Kier alpha value is -1.88. The molecule has 17 heavy (non-hydrogen) atoms. The molecule has 0 aliphatic carbocycles. The summed E-state index contributed by atoms with van der Waals surface area (Å²) in [5.41, 5.74) is 0.919. The van der Waals surface area contributed by atoms with Crippen LogP contribution in [0.3, 0.4) is 0 Å². The first-order chi connectivity index (χ1) is 8.15. The van der Waals surface area contributed by atoms with Crippen molar-refractivity contribution in [3.63, 3.8) is 0 Å². The first-order valence-electron chi connectivity index (χ1n) is 5.18. The zero-order valence-corrected chi connectivity index (χ0v) is 9.55. The van der Waals surface area contributed by atoms with Gasteiger partial charge in [-0.15, -0.1) is 0 Å². The molecular formula is C12H15NO4. The van der Waals surface area contributed by atoms with E-state index < -0.39 is 17.8 Å². The lowest BCUT2D eigenvalue weighted by Crippen LogP contribution is -2.37. The van der Waals surface area contributed by atoms with Crippen LogP contribution < -0.4 is 5.32 Å². The van der Waals surface area contributed by atoms with Crippen LogP contribution in [-0.2, 0) is 20.9 Å². The van der Waals surface area contributed by atoms with Crippen LogP contribution in [-0.4, -0.2) is 30.7 Å². The van der Waals surface area contributed by atoms with E-state index in [-0.39, 0.29) is 6.61 Å². The van der Waals surface area contributed by atoms with Gasteiger partial charge in [-0.25, -0.2) is 0 Å². The molecule has 0 heterocycles. The van der Waals surface area contributed by atoms with E-state index in [1.807, 2.05) is 30.3 Å². The van der Waals surface area contributed by atoms with Gasteiger partial charge in [0.2, 0.25) is 5.91 Å². The average molecular weight is 237 g/mol. The van der Waals surface area contributed by atoms with Gasteiger partial charge in [-0.05, 0) is 5.56 Å². The molecule has 92 valence electrons. The zero-order valence-electron chi connectivity index (χ0n) is 9.55. The Labute approximate surface area is 99.4 Å². The second-order valence-electron chi connectivity index (χ2n) is 3.55. The fourth-order valence-corrected chi connectivity index (χ4v) is 1.33. The largest absolute Gasteiger partial charge is 0.481 e. The summed E-state index contributed by atoms with van der Waals surface area (Å²) in [6, 6.07) is 9.28. The van der Waals surface area contributed by atoms with Crippen LogP contribution >= 0.6 is 0 Å². The molecule has 1 aromatic carbocycles. The lowest BCUT2D eigenvalue weighted by molar-refractivity contribution is -0.149. The summed E-state index contributed by atoms with van der Waals surface area (Å²) in [5, 5.41) is 11.4. The van der Waals surface area contributed by atoms with Crippen LogP contribution in [0.15, 0.2) is 30.3 Å². The van der Waals surface area contributed by atoms with Gasteiger partial charge in [0.15, 0.2) is 5.92 Å². The van der Waals surface area contributed by atoms with Crippen molar-refractivity contribution in [2.75, 3.05) is 13.7 Å². The number of rotatable bonds is 6. The molecule has 1 rings (SSSR count). The van der Waals surface area contributed by atoms with Gasteiger partial charge in [-0.1, -0.05) is 30.3 Å². The minimum Gasteiger partial charge on any atom is -0.481 e. The molecule has 2 N–H and O–H groups in total. The van der Waals surface area contributed by atoms with E-state index in [1.54, 1.807) is 0 Å². The van der Waals surface area contributed by atoms with E-state index >= 15 is 0 Å². The molecule has 1 unspecified atom stereocenters. The number of methoxy groups -OCH3 is 1. The van der Waals surface area contributed by atoms with Crippen molar-refractivity contribution in [2.45, 2.75) is 6.54 Å². The molecule has 0 aromatic heterocycles.